The molecule has 2 nitrogen and oxygen atoms in total. The first kappa shape index (κ1) is 16.3. The molecule has 1 aromatic carbocycles. The van der Waals surface area contributed by atoms with Gasteiger partial charge in [-0.1, -0.05) is 18.5 Å². The molecule has 0 aromatic heterocycles. The van der Waals surface area contributed by atoms with Crippen LogP contribution >= 0.6 is 27.5 Å². The molecule has 0 bridgehead atoms. The van der Waals surface area contributed by atoms with Crippen molar-refractivity contribution in [3.05, 3.63) is 33.3 Å². The van der Waals surface area contributed by atoms with Gasteiger partial charge in [-0.3, -0.25) is 4.79 Å². The fraction of sp³-hybridized carbons (Fsp3) is 0.417. The number of rotatable bonds is 4. The standard InChI is InChI=1S/C12H12BrClF3NO/c1-2-5-18(7-12(15,16)17)11(19)8-3-4-9(13)10(14)6-8/h3-4,6H,2,5,7H2,1H3. The maximum atomic E-state index is 12.4. The van der Waals surface area contributed by atoms with Crippen molar-refractivity contribution in [3.8, 4) is 0 Å². The van der Waals surface area contributed by atoms with Gasteiger partial charge in [-0.2, -0.15) is 13.2 Å². The van der Waals surface area contributed by atoms with Crippen molar-refractivity contribution < 1.29 is 18.0 Å². The maximum absolute atomic E-state index is 12.4. The first-order chi connectivity index (χ1) is 8.74. The number of amides is 1. The molecule has 7 heteroatoms. The van der Waals surface area contributed by atoms with Gasteiger partial charge in [0, 0.05) is 16.6 Å². The minimum absolute atomic E-state index is 0.0476. The molecular formula is C12H12BrClF3NO. The molecule has 1 aromatic rings. The lowest BCUT2D eigenvalue weighted by Crippen LogP contribution is -2.39. The highest BCUT2D eigenvalue weighted by Crippen LogP contribution is 2.25. The van der Waals surface area contributed by atoms with Gasteiger partial charge in [-0.25, -0.2) is 0 Å². The van der Waals surface area contributed by atoms with Crippen molar-refractivity contribution >= 4 is 33.4 Å². The second-order valence-corrected chi connectivity index (χ2v) is 5.23. The number of carbonyl (C=O) groups excluding carboxylic acids is 1. The predicted octanol–water partition coefficient (Wildman–Crippen LogP) is 4.52. The fourth-order valence-corrected chi connectivity index (χ4v) is 1.98. The van der Waals surface area contributed by atoms with Crippen molar-refractivity contribution in [3.63, 3.8) is 0 Å². The zero-order chi connectivity index (χ0) is 14.6. The number of hydrogen-bond acceptors (Lipinski definition) is 1. The zero-order valence-corrected chi connectivity index (χ0v) is 12.4. The third kappa shape index (κ3) is 5.03. The second-order valence-electron chi connectivity index (χ2n) is 3.97. The topological polar surface area (TPSA) is 20.3 Å². The summed E-state index contributed by atoms with van der Waals surface area (Å²) in [6.07, 6.45) is -3.96. The van der Waals surface area contributed by atoms with E-state index in [4.69, 9.17) is 11.6 Å². The van der Waals surface area contributed by atoms with E-state index < -0.39 is 18.6 Å². The average molecular weight is 359 g/mol. The predicted molar refractivity (Wildman–Crippen MR) is 71.4 cm³/mol. The van der Waals surface area contributed by atoms with Crippen molar-refractivity contribution in [1.29, 1.82) is 0 Å². The molecule has 0 aliphatic rings. The molecule has 0 saturated heterocycles. The van der Waals surface area contributed by atoms with Crippen LogP contribution in [0, 0.1) is 0 Å². The molecule has 0 atom stereocenters. The van der Waals surface area contributed by atoms with Crippen LogP contribution in [0.3, 0.4) is 0 Å². The number of alkyl halides is 3. The summed E-state index contributed by atoms with van der Waals surface area (Å²) in [6, 6.07) is 4.33. The lowest BCUT2D eigenvalue weighted by atomic mass is 10.2. The molecule has 0 aliphatic heterocycles. The Labute approximate surface area is 122 Å². The van der Waals surface area contributed by atoms with Crippen LogP contribution in [0.5, 0.6) is 0 Å². The smallest absolute Gasteiger partial charge is 0.330 e. The van der Waals surface area contributed by atoms with Crippen molar-refractivity contribution in [2.45, 2.75) is 19.5 Å². The Bertz CT molecular complexity index is 465. The van der Waals surface area contributed by atoms with Crippen LogP contribution in [-0.4, -0.2) is 30.1 Å². The van der Waals surface area contributed by atoms with Crippen LogP contribution in [0.25, 0.3) is 0 Å². The SMILES string of the molecule is CCCN(CC(F)(F)F)C(=O)c1ccc(Br)c(Cl)c1. The fourth-order valence-electron chi connectivity index (χ4n) is 1.55. The molecule has 0 N–H and O–H groups in total. The second kappa shape index (κ2) is 6.61. The Kier molecular flexibility index (Phi) is 5.67. The van der Waals surface area contributed by atoms with Gasteiger partial charge in [0.25, 0.3) is 5.91 Å². The number of hydrogen-bond donors (Lipinski definition) is 0. The summed E-state index contributed by atoms with van der Waals surface area (Å²) in [5.41, 5.74) is 0.144. The molecule has 1 amide bonds. The van der Waals surface area contributed by atoms with Crippen LogP contribution < -0.4 is 0 Å². The Balaban J connectivity index is 2.95. The van der Waals surface area contributed by atoms with E-state index in [1.807, 2.05) is 0 Å². The van der Waals surface area contributed by atoms with E-state index in [0.29, 0.717) is 10.9 Å². The monoisotopic (exact) mass is 357 g/mol. The van der Waals surface area contributed by atoms with Crippen LogP contribution in [0.15, 0.2) is 22.7 Å². The van der Waals surface area contributed by atoms with Crippen LogP contribution in [0.4, 0.5) is 13.2 Å². The van der Waals surface area contributed by atoms with Crippen LogP contribution in [0.1, 0.15) is 23.7 Å². The number of benzene rings is 1. The third-order valence-electron chi connectivity index (χ3n) is 2.32. The number of carbonyl (C=O) groups is 1. The summed E-state index contributed by atoms with van der Waals surface area (Å²) < 4.78 is 37.8. The normalized spacial score (nSPS) is 11.5. The van der Waals surface area contributed by atoms with E-state index in [0.717, 1.165) is 4.90 Å². The summed E-state index contributed by atoms with van der Waals surface area (Å²) in [4.78, 5) is 12.8. The van der Waals surface area contributed by atoms with Gasteiger partial charge in [-0.05, 0) is 40.5 Å². The van der Waals surface area contributed by atoms with E-state index in [9.17, 15) is 18.0 Å². The van der Waals surface area contributed by atoms with Gasteiger partial charge >= 0.3 is 6.18 Å². The van der Waals surface area contributed by atoms with Crippen molar-refractivity contribution in [2.75, 3.05) is 13.1 Å². The van der Waals surface area contributed by atoms with E-state index in [1.165, 1.54) is 18.2 Å². The van der Waals surface area contributed by atoms with Crippen molar-refractivity contribution in [1.82, 2.24) is 4.90 Å². The molecule has 0 saturated carbocycles. The average Bonchev–Trinajstić information content (AvgIpc) is 2.29. The van der Waals surface area contributed by atoms with Crippen LogP contribution in [0.2, 0.25) is 5.02 Å². The molecule has 0 fully saturated rings. The third-order valence-corrected chi connectivity index (χ3v) is 3.55. The van der Waals surface area contributed by atoms with Gasteiger partial charge in [0.15, 0.2) is 0 Å². The number of nitrogens with zero attached hydrogens (tertiary/aromatic N) is 1. The van der Waals surface area contributed by atoms with E-state index in [2.05, 4.69) is 15.9 Å². The molecule has 0 radical (unpaired) electrons. The summed E-state index contributed by atoms with van der Waals surface area (Å²) in [7, 11) is 0. The molecule has 0 spiro atoms. The van der Waals surface area contributed by atoms with Gasteiger partial charge in [0.2, 0.25) is 0 Å². The maximum Gasteiger partial charge on any atom is 0.406 e. The molecular weight excluding hydrogens is 346 g/mol. The Morgan fingerprint density at radius 3 is 2.53 bits per heavy atom. The molecule has 0 unspecified atom stereocenters. The summed E-state index contributed by atoms with van der Waals surface area (Å²) >= 11 is 8.99. The number of halogens is 5. The summed E-state index contributed by atoms with van der Waals surface area (Å²) in [5.74, 6) is -0.673. The molecule has 0 heterocycles. The quantitative estimate of drug-likeness (QED) is 0.775. The Morgan fingerprint density at radius 2 is 2.05 bits per heavy atom. The van der Waals surface area contributed by atoms with E-state index >= 15 is 0 Å². The van der Waals surface area contributed by atoms with E-state index in [-0.39, 0.29) is 17.1 Å². The van der Waals surface area contributed by atoms with E-state index in [1.54, 1.807) is 6.92 Å². The Morgan fingerprint density at radius 1 is 1.42 bits per heavy atom. The van der Waals surface area contributed by atoms with Gasteiger partial charge < -0.3 is 4.90 Å². The first-order valence-electron chi connectivity index (χ1n) is 5.55. The first-order valence-corrected chi connectivity index (χ1v) is 6.72. The minimum atomic E-state index is -4.41. The Hall–Kier alpha value is -0.750. The summed E-state index contributed by atoms with van der Waals surface area (Å²) in [5, 5.41) is 0.286. The largest absolute Gasteiger partial charge is 0.406 e. The molecule has 0 aliphatic carbocycles. The minimum Gasteiger partial charge on any atom is -0.330 e. The zero-order valence-electron chi connectivity index (χ0n) is 10.1. The highest BCUT2D eigenvalue weighted by Gasteiger charge is 2.33. The van der Waals surface area contributed by atoms with Gasteiger partial charge in [0.1, 0.15) is 6.54 Å². The molecule has 19 heavy (non-hydrogen) atoms. The van der Waals surface area contributed by atoms with Crippen molar-refractivity contribution in [2.24, 2.45) is 0 Å². The summed E-state index contributed by atoms with van der Waals surface area (Å²) in [6.45, 7) is 0.505. The molecule has 106 valence electrons. The van der Waals surface area contributed by atoms with Crippen LogP contribution in [-0.2, 0) is 0 Å². The van der Waals surface area contributed by atoms with Gasteiger partial charge in [0.05, 0.1) is 5.02 Å². The highest BCUT2D eigenvalue weighted by molar-refractivity contribution is 9.10. The lowest BCUT2D eigenvalue weighted by molar-refractivity contribution is -0.140. The lowest BCUT2D eigenvalue weighted by Gasteiger charge is -2.23. The molecule has 1 rings (SSSR count). The van der Waals surface area contributed by atoms with Gasteiger partial charge in [-0.15, -0.1) is 0 Å². The highest BCUT2D eigenvalue weighted by atomic mass is 79.9.